The van der Waals surface area contributed by atoms with Crippen LogP contribution in [-0.2, 0) is 17.6 Å². The summed E-state index contributed by atoms with van der Waals surface area (Å²) < 4.78 is 5.62. The van der Waals surface area contributed by atoms with Gasteiger partial charge in [-0.15, -0.1) is 0 Å². The number of fused-ring (bicyclic) bond motifs is 1. The summed E-state index contributed by atoms with van der Waals surface area (Å²) in [6.45, 7) is 3.60. The van der Waals surface area contributed by atoms with Crippen molar-refractivity contribution in [3.8, 4) is 0 Å². The molecule has 1 atom stereocenters. The van der Waals surface area contributed by atoms with Gasteiger partial charge < -0.3 is 21.1 Å². The highest BCUT2D eigenvalue weighted by Crippen LogP contribution is 2.21. The molecule has 4 N–H and O–H groups in total. The van der Waals surface area contributed by atoms with Gasteiger partial charge in [-0.1, -0.05) is 0 Å². The van der Waals surface area contributed by atoms with Gasteiger partial charge in [-0.25, -0.2) is 4.98 Å². The second kappa shape index (κ2) is 5.71. The molecule has 0 aliphatic carbocycles. The summed E-state index contributed by atoms with van der Waals surface area (Å²) in [6, 6.07) is 0. The van der Waals surface area contributed by atoms with E-state index < -0.39 is 0 Å². The molecule has 1 fully saturated rings. The number of hydrogen-bond donors (Lipinski definition) is 3. The Bertz CT molecular complexity index is 445. The molecule has 0 bridgehead atoms. The van der Waals surface area contributed by atoms with Crippen LogP contribution < -0.4 is 16.4 Å². The first-order valence-electron chi connectivity index (χ1n) is 7.04. The number of anilines is 2. The summed E-state index contributed by atoms with van der Waals surface area (Å²) in [5.74, 6) is 1.25. The summed E-state index contributed by atoms with van der Waals surface area (Å²) in [4.78, 5) is 8.73. The highest BCUT2D eigenvalue weighted by atomic mass is 16.5. The van der Waals surface area contributed by atoms with E-state index in [1.165, 1.54) is 5.56 Å². The lowest BCUT2D eigenvalue weighted by Crippen LogP contribution is -2.21. The fraction of sp³-hybridized carbons (Fsp3) is 0.692. The molecular weight excluding hydrogens is 242 g/mol. The van der Waals surface area contributed by atoms with Gasteiger partial charge in [0, 0.05) is 31.7 Å². The molecule has 1 saturated heterocycles. The van der Waals surface area contributed by atoms with Crippen LogP contribution in [0.25, 0.3) is 0 Å². The van der Waals surface area contributed by atoms with Crippen molar-refractivity contribution < 1.29 is 4.74 Å². The third-order valence-corrected chi connectivity index (χ3v) is 3.72. The van der Waals surface area contributed by atoms with Gasteiger partial charge in [0.05, 0.1) is 11.8 Å². The predicted molar refractivity (Wildman–Crippen MR) is 74.2 cm³/mol. The van der Waals surface area contributed by atoms with Crippen LogP contribution in [0.5, 0.6) is 0 Å². The number of aromatic nitrogens is 2. The minimum atomic E-state index is 0.302. The summed E-state index contributed by atoms with van der Waals surface area (Å²) >= 11 is 0. The maximum absolute atomic E-state index is 5.80. The molecule has 3 heterocycles. The van der Waals surface area contributed by atoms with E-state index >= 15 is 0 Å². The van der Waals surface area contributed by atoms with Crippen LogP contribution in [0.2, 0.25) is 0 Å². The van der Waals surface area contributed by atoms with E-state index in [9.17, 15) is 0 Å². The predicted octanol–water partition coefficient (Wildman–Crippen LogP) is 0.338. The number of nitrogens with one attached hydrogen (secondary N) is 2. The van der Waals surface area contributed by atoms with Gasteiger partial charge in [0.2, 0.25) is 5.95 Å². The summed E-state index contributed by atoms with van der Waals surface area (Å²) in [5, 5.41) is 6.78. The molecular formula is C13H21N5O. The van der Waals surface area contributed by atoms with Gasteiger partial charge >= 0.3 is 0 Å². The van der Waals surface area contributed by atoms with E-state index in [1.54, 1.807) is 0 Å². The van der Waals surface area contributed by atoms with Crippen molar-refractivity contribution in [1.29, 1.82) is 0 Å². The Balaban J connectivity index is 1.77. The first-order chi connectivity index (χ1) is 9.33. The normalized spacial score (nSPS) is 22.8. The van der Waals surface area contributed by atoms with E-state index in [1.807, 2.05) is 0 Å². The second-order valence-corrected chi connectivity index (χ2v) is 5.12. The molecule has 19 heavy (non-hydrogen) atoms. The van der Waals surface area contributed by atoms with Crippen molar-refractivity contribution in [1.82, 2.24) is 15.3 Å². The number of nitrogen functional groups attached to an aromatic ring is 1. The molecule has 6 nitrogen and oxygen atoms in total. The standard InChI is InChI=1S/C13H21N5O/c14-13-17-11-4-6-15-5-3-10(11)12(18-13)16-8-9-2-1-7-19-9/h9,15H,1-8H2,(H3,14,16,17,18). The van der Waals surface area contributed by atoms with Crippen LogP contribution in [0.4, 0.5) is 11.8 Å². The van der Waals surface area contributed by atoms with Crippen molar-refractivity contribution >= 4 is 11.8 Å². The van der Waals surface area contributed by atoms with Gasteiger partial charge in [-0.2, -0.15) is 4.98 Å². The Morgan fingerprint density at radius 1 is 1.32 bits per heavy atom. The molecule has 0 radical (unpaired) electrons. The molecule has 0 amide bonds. The molecule has 0 saturated carbocycles. The van der Waals surface area contributed by atoms with Crippen LogP contribution in [-0.4, -0.2) is 42.3 Å². The molecule has 2 aliphatic heterocycles. The Hall–Kier alpha value is -1.40. The zero-order valence-electron chi connectivity index (χ0n) is 11.1. The summed E-state index contributed by atoms with van der Waals surface area (Å²) in [5.41, 5.74) is 8.09. The number of nitrogens with two attached hydrogens (primary N) is 1. The average Bonchev–Trinajstić information content (AvgIpc) is 2.80. The summed E-state index contributed by atoms with van der Waals surface area (Å²) in [7, 11) is 0. The fourth-order valence-corrected chi connectivity index (χ4v) is 2.73. The molecule has 0 spiro atoms. The topological polar surface area (TPSA) is 85.1 Å². The van der Waals surface area contributed by atoms with Crippen LogP contribution in [0, 0.1) is 0 Å². The first kappa shape index (κ1) is 12.6. The van der Waals surface area contributed by atoms with Crippen LogP contribution >= 0.6 is 0 Å². The van der Waals surface area contributed by atoms with Crippen molar-refractivity contribution in [3.05, 3.63) is 11.3 Å². The smallest absolute Gasteiger partial charge is 0.222 e. The third-order valence-electron chi connectivity index (χ3n) is 3.72. The van der Waals surface area contributed by atoms with E-state index in [0.29, 0.717) is 12.1 Å². The number of hydrogen-bond acceptors (Lipinski definition) is 6. The molecule has 1 aromatic heterocycles. The Kier molecular flexibility index (Phi) is 3.79. The minimum Gasteiger partial charge on any atom is -0.376 e. The molecule has 3 rings (SSSR count). The number of ether oxygens (including phenoxy) is 1. The highest BCUT2D eigenvalue weighted by molar-refractivity contribution is 5.50. The van der Waals surface area contributed by atoms with Crippen molar-refractivity contribution in [3.63, 3.8) is 0 Å². The van der Waals surface area contributed by atoms with Crippen LogP contribution in [0.1, 0.15) is 24.1 Å². The lowest BCUT2D eigenvalue weighted by Gasteiger charge is -2.15. The Labute approximate surface area is 113 Å². The first-order valence-corrected chi connectivity index (χ1v) is 7.04. The van der Waals surface area contributed by atoms with E-state index in [0.717, 1.165) is 63.4 Å². The average molecular weight is 263 g/mol. The number of nitrogens with zero attached hydrogens (tertiary/aromatic N) is 2. The second-order valence-electron chi connectivity index (χ2n) is 5.12. The van der Waals surface area contributed by atoms with Gasteiger partial charge in [0.1, 0.15) is 5.82 Å². The Morgan fingerprint density at radius 3 is 3.05 bits per heavy atom. The monoisotopic (exact) mass is 263 g/mol. The van der Waals surface area contributed by atoms with Crippen molar-refractivity contribution in [2.24, 2.45) is 0 Å². The van der Waals surface area contributed by atoms with E-state index in [-0.39, 0.29) is 0 Å². The summed E-state index contributed by atoms with van der Waals surface area (Å²) in [6.07, 6.45) is 4.44. The molecule has 6 heteroatoms. The van der Waals surface area contributed by atoms with Gasteiger partial charge in [-0.05, 0) is 25.8 Å². The SMILES string of the molecule is Nc1nc2c(c(NCC3CCCO3)n1)CCNCC2. The lowest BCUT2D eigenvalue weighted by atomic mass is 10.1. The number of rotatable bonds is 3. The fourth-order valence-electron chi connectivity index (χ4n) is 2.73. The molecule has 1 aromatic rings. The van der Waals surface area contributed by atoms with Crippen LogP contribution in [0.15, 0.2) is 0 Å². The maximum atomic E-state index is 5.80. The lowest BCUT2D eigenvalue weighted by molar-refractivity contribution is 0.120. The van der Waals surface area contributed by atoms with E-state index in [2.05, 4.69) is 20.6 Å². The third kappa shape index (κ3) is 2.96. The quantitative estimate of drug-likeness (QED) is 0.729. The Morgan fingerprint density at radius 2 is 2.21 bits per heavy atom. The molecule has 0 aromatic carbocycles. The molecule has 104 valence electrons. The zero-order valence-corrected chi connectivity index (χ0v) is 11.1. The van der Waals surface area contributed by atoms with Crippen LogP contribution in [0.3, 0.4) is 0 Å². The van der Waals surface area contributed by atoms with Gasteiger partial charge in [0.25, 0.3) is 0 Å². The van der Waals surface area contributed by atoms with Gasteiger partial charge in [-0.3, -0.25) is 0 Å². The maximum Gasteiger partial charge on any atom is 0.222 e. The highest BCUT2D eigenvalue weighted by Gasteiger charge is 2.19. The van der Waals surface area contributed by atoms with Gasteiger partial charge in [0.15, 0.2) is 0 Å². The van der Waals surface area contributed by atoms with E-state index in [4.69, 9.17) is 10.5 Å². The molecule has 1 unspecified atom stereocenters. The minimum absolute atomic E-state index is 0.302. The van der Waals surface area contributed by atoms with Crippen molar-refractivity contribution in [2.45, 2.75) is 31.8 Å². The largest absolute Gasteiger partial charge is 0.376 e. The molecule has 2 aliphatic rings. The zero-order chi connectivity index (χ0) is 13.1. The van der Waals surface area contributed by atoms with Crippen molar-refractivity contribution in [2.75, 3.05) is 37.3 Å².